The molecule has 0 bridgehead atoms. The number of hydrogen-bond donors (Lipinski definition) is 1. The van der Waals surface area contributed by atoms with Crippen LogP contribution in [0.4, 0.5) is 0 Å². The van der Waals surface area contributed by atoms with E-state index in [1.165, 1.54) is 13.0 Å². The third-order valence-corrected chi connectivity index (χ3v) is 4.30. The van der Waals surface area contributed by atoms with Crippen molar-refractivity contribution in [3.05, 3.63) is 0 Å². The quantitative estimate of drug-likeness (QED) is 0.823. The van der Waals surface area contributed by atoms with Gasteiger partial charge in [-0.3, -0.25) is 10.1 Å². The first-order valence-electron chi connectivity index (χ1n) is 7.88. The molecule has 2 aliphatic heterocycles. The molecule has 2 aliphatic rings. The number of hydrogen-bond acceptors (Lipinski definition) is 3. The van der Waals surface area contributed by atoms with Gasteiger partial charge in [-0.05, 0) is 38.1 Å². The maximum atomic E-state index is 12.1. The van der Waals surface area contributed by atoms with Crippen LogP contribution in [0.15, 0.2) is 0 Å². The number of carbonyl (C=O) groups excluding carboxylic acids is 1. The van der Waals surface area contributed by atoms with Gasteiger partial charge in [0.05, 0.1) is 12.7 Å². The van der Waals surface area contributed by atoms with E-state index in [2.05, 4.69) is 35.9 Å². The van der Waals surface area contributed by atoms with Gasteiger partial charge in [0, 0.05) is 19.1 Å². The van der Waals surface area contributed by atoms with Crippen LogP contribution in [-0.2, 0) is 4.79 Å². The summed E-state index contributed by atoms with van der Waals surface area (Å²) in [4.78, 5) is 16.8. The molecule has 2 heterocycles. The third kappa shape index (κ3) is 3.69. The standard InChI is InChI=1S/C15H29N3O/c1-4-7-17-8-5-13(6-9-17)18-14(10-12(2)3)16-11-15(18)19/h12-14,16H,4-11H2,1-3H3. The Balaban J connectivity index is 1.90. The summed E-state index contributed by atoms with van der Waals surface area (Å²) in [6, 6.07) is 0.458. The van der Waals surface area contributed by atoms with Crippen LogP contribution in [-0.4, -0.2) is 54.1 Å². The molecule has 0 spiro atoms. The van der Waals surface area contributed by atoms with Gasteiger partial charge in [-0.1, -0.05) is 20.8 Å². The third-order valence-electron chi connectivity index (χ3n) is 4.30. The molecular formula is C15H29N3O. The van der Waals surface area contributed by atoms with Crippen LogP contribution in [0.2, 0.25) is 0 Å². The van der Waals surface area contributed by atoms with Crippen LogP contribution in [0, 0.1) is 5.92 Å². The minimum absolute atomic E-state index is 0.273. The first-order valence-corrected chi connectivity index (χ1v) is 7.88. The van der Waals surface area contributed by atoms with Crippen LogP contribution < -0.4 is 5.32 Å². The van der Waals surface area contributed by atoms with Crippen molar-refractivity contribution in [1.29, 1.82) is 0 Å². The predicted molar refractivity (Wildman–Crippen MR) is 77.8 cm³/mol. The average Bonchev–Trinajstić information content (AvgIpc) is 2.71. The highest BCUT2D eigenvalue weighted by Gasteiger charge is 2.37. The molecule has 0 aromatic heterocycles. The molecule has 19 heavy (non-hydrogen) atoms. The maximum Gasteiger partial charge on any atom is 0.238 e. The van der Waals surface area contributed by atoms with E-state index in [1.54, 1.807) is 0 Å². The first kappa shape index (κ1) is 14.8. The molecule has 0 aromatic carbocycles. The number of amides is 1. The fourth-order valence-corrected chi connectivity index (χ4v) is 3.41. The van der Waals surface area contributed by atoms with Gasteiger partial charge >= 0.3 is 0 Å². The Labute approximate surface area is 117 Å². The smallest absolute Gasteiger partial charge is 0.238 e. The van der Waals surface area contributed by atoms with Gasteiger partial charge in [-0.25, -0.2) is 0 Å². The summed E-state index contributed by atoms with van der Waals surface area (Å²) >= 11 is 0. The Bertz CT molecular complexity index is 298. The summed E-state index contributed by atoms with van der Waals surface area (Å²) in [6.07, 6.45) is 4.85. The average molecular weight is 267 g/mol. The van der Waals surface area contributed by atoms with E-state index >= 15 is 0 Å². The minimum Gasteiger partial charge on any atom is -0.323 e. The molecule has 0 radical (unpaired) electrons. The van der Waals surface area contributed by atoms with Crippen molar-refractivity contribution >= 4 is 5.91 Å². The van der Waals surface area contributed by atoms with E-state index < -0.39 is 0 Å². The molecule has 2 fully saturated rings. The fraction of sp³-hybridized carbons (Fsp3) is 0.933. The topological polar surface area (TPSA) is 35.6 Å². The second kappa shape index (κ2) is 6.71. The lowest BCUT2D eigenvalue weighted by atomic mass is 10.0. The molecule has 1 atom stereocenters. The van der Waals surface area contributed by atoms with Gasteiger partial charge in [0.1, 0.15) is 0 Å². The second-order valence-corrected chi connectivity index (χ2v) is 6.40. The highest BCUT2D eigenvalue weighted by molar-refractivity contribution is 5.81. The number of piperidine rings is 1. The summed E-state index contributed by atoms with van der Waals surface area (Å²) in [5.41, 5.74) is 0. The zero-order chi connectivity index (χ0) is 13.8. The molecule has 2 rings (SSSR count). The lowest BCUT2D eigenvalue weighted by Crippen LogP contribution is -2.50. The summed E-state index contributed by atoms with van der Waals surface area (Å²) in [5, 5.41) is 3.38. The molecule has 1 amide bonds. The van der Waals surface area contributed by atoms with Crippen LogP contribution >= 0.6 is 0 Å². The van der Waals surface area contributed by atoms with Crippen LogP contribution in [0.25, 0.3) is 0 Å². The van der Waals surface area contributed by atoms with Crippen LogP contribution in [0.5, 0.6) is 0 Å². The van der Waals surface area contributed by atoms with Crippen molar-refractivity contribution in [2.75, 3.05) is 26.2 Å². The summed E-state index contributed by atoms with van der Waals surface area (Å²) < 4.78 is 0. The molecule has 1 unspecified atom stereocenters. The van der Waals surface area contributed by atoms with Gasteiger partial charge < -0.3 is 9.80 Å². The molecule has 1 N–H and O–H groups in total. The highest BCUT2D eigenvalue weighted by Crippen LogP contribution is 2.23. The summed E-state index contributed by atoms with van der Waals surface area (Å²) in [5.74, 6) is 0.936. The Morgan fingerprint density at radius 1 is 1.32 bits per heavy atom. The number of nitrogens with one attached hydrogen (secondary N) is 1. The van der Waals surface area contributed by atoms with Crippen LogP contribution in [0.1, 0.15) is 46.5 Å². The van der Waals surface area contributed by atoms with Gasteiger partial charge in [0.25, 0.3) is 0 Å². The number of carbonyl (C=O) groups is 1. The lowest BCUT2D eigenvalue weighted by Gasteiger charge is -2.39. The molecule has 4 nitrogen and oxygen atoms in total. The zero-order valence-corrected chi connectivity index (χ0v) is 12.7. The molecule has 0 aliphatic carbocycles. The van der Waals surface area contributed by atoms with Gasteiger partial charge in [-0.15, -0.1) is 0 Å². The van der Waals surface area contributed by atoms with E-state index in [4.69, 9.17) is 0 Å². The molecule has 2 saturated heterocycles. The Morgan fingerprint density at radius 3 is 2.58 bits per heavy atom. The highest BCUT2D eigenvalue weighted by atomic mass is 16.2. The molecule has 0 saturated carbocycles. The largest absolute Gasteiger partial charge is 0.323 e. The molecule has 0 aromatic rings. The van der Waals surface area contributed by atoms with Crippen molar-refractivity contribution in [3.63, 3.8) is 0 Å². The Hall–Kier alpha value is -0.610. The number of likely N-dealkylation sites (tertiary alicyclic amines) is 1. The predicted octanol–water partition coefficient (Wildman–Crippen LogP) is 1.66. The summed E-state index contributed by atoms with van der Waals surface area (Å²) in [6.45, 7) is 10.7. The molecular weight excluding hydrogens is 238 g/mol. The number of nitrogens with zero attached hydrogens (tertiary/aromatic N) is 2. The normalized spacial score (nSPS) is 26.6. The van der Waals surface area contributed by atoms with E-state index in [-0.39, 0.29) is 6.17 Å². The Morgan fingerprint density at radius 2 is 2.00 bits per heavy atom. The van der Waals surface area contributed by atoms with Crippen molar-refractivity contribution in [3.8, 4) is 0 Å². The van der Waals surface area contributed by atoms with Gasteiger partial charge in [-0.2, -0.15) is 0 Å². The second-order valence-electron chi connectivity index (χ2n) is 6.40. The maximum absolute atomic E-state index is 12.1. The Kier molecular flexibility index (Phi) is 5.22. The molecule has 4 heteroatoms. The molecule has 110 valence electrons. The van der Waals surface area contributed by atoms with Crippen molar-refractivity contribution < 1.29 is 4.79 Å². The SMILES string of the molecule is CCCN1CCC(N2C(=O)CNC2CC(C)C)CC1. The van der Waals surface area contributed by atoms with Crippen LogP contribution in [0.3, 0.4) is 0 Å². The van der Waals surface area contributed by atoms with E-state index in [1.807, 2.05) is 0 Å². The van der Waals surface area contributed by atoms with Gasteiger partial charge in [0.15, 0.2) is 0 Å². The van der Waals surface area contributed by atoms with Crippen molar-refractivity contribution in [1.82, 2.24) is 15.1 Å². The zero-order valence-electron chi connectivity index (χ0n) is 12.7. The number of rotatable bonds is 5. The van der Waals surface area contributed by atoms with E-state index in [9.17, 15) is 4.79 Å². The van der Waals surface area contributed by atoms with Gasteiger partial charge in [0.2, 0.25) is 5.91 Å². The first-order chi connectivity index (χ1) is 9.11. The minimum atomic E-state index is 0.273. The van der Waals surface area contributed by atoms with E-state index in [0.717, 1.165) is 32.4 Å². The fourth-order valence-electron chi connectivity index (χ4n) is 3.41. The van der Waals surface area contributed by atoms with E-state index in [0.29, 0.717) is 24.4 Å². The van der Waals surface area contributed by atoms with Crippen molar-refractivity contribution in [2.45, 2.75) is 58.7 Å². The lowest BCUT2D eigenvalue weighted by molar-refractivity contribution is -0.131. The van der Waals surface area contributed by atoms with Crippen molar-refractivity contribution in [2.24, 2.45) is 5.92 Å². The summed E-state index contributed by atoms with van der Waals surface area (Å²) in [7, 11) is 0. The monoisotopic (exact) mass is 267 g/mol.